The van der Waals surface area contributed by atoms with Crippen molar-refractivity contribution in [2.24, 2.45) is 0 Å². The molecule has 0 aliphatic rings. The van der Waals surface area contributed by atoms with E-state index in [1.54, 1.807) is 0 Å². The molecule has 0 aliphatic heterocycles. The van der Waals surface area contributed by atoms with Gasteiger partial charge in [0, 0.05) is 6.08 Å². The van der Waals surface area contributed by atoms with Gasteiger partial charge >= 0.3 is 15.3 Å². The molecule has 0 radical (unpaired) electrons. The van der Waals surface area contributed by atoms with Crippen molar-refractivity contribution in [3.05, 3.63) is 35.9 Å². The van der Waals surface area contributed by atoms with Crippen LogP contribution < -0.4 is 4.18 Å². The molecule has 16 heavy (non-hydrogen) atoms. The SMILES string of the molecule is O=C(O)/C=C/c1ccc(OS(=O)(=O)Cl)cc1. The first-order valence-corrected chi connectivity index (χ1v) is 6.25. The maximum Gasteiger partial charge on any atom is 0.401 e. The van der Waals surface area contributed by atoms with Gasteiger partial charge in [-0.1, -0.05) is 12.1 Å². The van der Waals surface area contributed by atoms with Gasteiger partial charge in [-0.25, -0.2) is 4.79 Å². The molecule has 0 atom stereocenters. The van der Waals surface area contributed by atoms with Gasteiger partial charge in [0.2, 0.25) is 0 Å². The lowest BCUT2D eigenvalue weighted by molar-refractivity contribution is -0.131. The fourth-order valence-electron chi connectivity index (χ4n) is 0.917. The van der Waals surface area contributed by atoms with Crippen LogP contribution in [-0.4, -0.2) is 19.5 Å². The van der Waals surface area contributed by atoms with Crippen molar-refractivity contribution in [2.45, 2.75) is 0 Å². The van der Waals surface area contributed by atoms with Crippen LogP contribution in [0.25, 0.3) is 6.08 Å². The number of carboxylic acids is 1. The molecular formula is C9H7ClO5S. The molecule has 0 aliphatic carbocycles. The number of carbonyl (C=O) groups is 1. The van der Waals surface area contributed by atoms with Gasteiger partial charge in [0.05, 0.1) is 10.7 Å². The van der Waals surface area contributed by atoms with E-state index in [0.29, 0.717) is 5.56 Å². The van der Waals surface area contributed by atoms with Gasteiger partial charge in [0.25, 0.3) is 0 Å². The first-order valence-electron chi connectivity index (χ1n) is 4.02. The zero-order valence-electron chi connectivity index (χ0n) is 7.83. The number of rotatable bonds is 4. The second-order valence-corrected chi connectivity index (χ2v) is 4.80. The van der Waals surface area contributed by atoms with Crippen LogP contribution in [0.3, 0.4) is 0 Å². The maximum absolute atomic E-state index is 10.6. The Labute approximate surface area is 96.5 Å². The number of aliphatic carboxylic acids is 1. The summed E-state index contributed by atoms with van der Waals surface area (Å²) in [5, 5.41) is 8.37. The quantitative estimate of drug-likeness (QED) is 0.659. The van der Waals surface area contributed by atoms with Crippen LogP contribution in [0.1, 0.15) is 5.56 Å². The molecule has 0 bridgehead atoms. The van der Waals surface area contributed by atoms with Gasteiger partial charge in [-0.05, 0) is 23.8 Å². The van der Waals surface area contributed by atoms with Gasteiger partial charge in [-0.3, -0.25) is 0 Å². The third-order valence-corrected chi connectivity index (χ3v) is 2.07. The summed E-state index contributed by atoms with van der Waals surface area (Å²) >= 11 is 0. The molecule has 0 heterocycles. The molecule has 5 nitrogen and oxygen atoms in total. The molecule has 0 saturated carbocycles. The van der Waals surface area contributed by atoms with E-state index in [1.165, 1.54) is 30.3 Å². The summed E-state index contributed by atoms with van der Waals surface area (Å²) in [5.41, 5.74) is 0.599. The highest BCUT2D eigenvalue weighted by molar-refractivity contribution is 8.10. The van der Waals surface area contributed by atoms with E-state index >= 15 is 0 Å². The minimum absolute atomic E-state index is 0.0578. The lowest BCUT2D eigenvalue weighted by Crippen LogP contribution is -1.99. The normalized spacial score (nSPS) is 11.6. The lowest BCUT2D eigenvalue weighted by Gasteiger charge is -2.00. The fourth-order valence-corrected chi connectivity index (χ4v) is 1.48. The van der Waals surface area contributed by atoms with E-state index < -0.39 is 15.3 Å². The molecule has 0 amide bonds. The first kappa shape index (κ1) is 12.5. The van der Waals surface area contributed by atoms with E-state index in [4.69, 9.17) is 15.8 Å². The smallest absolute Gasteiger partial charge is 0.401 e. The van der Waals surface area contributed by atoms with Crippen molar-refractivity contribution >= 4 is 32.1 Å². The predicted octanol–water partition coefficient (Wildman–Crippen LogP) is 1.65. The van der Waals surface area contributed by atoms with Crippen LogP contribution in [0, 0.1) is 0 Å². The van der Waals surface area contributed by atoms with Crippen LogP contribution in [-0.2, 0) is 14.1 Å². The van der Waals surface area contributed by atoms with E-state index in [9.17, 15) is 13.2 Å². The highest BCUT2D eigenvalue weighted by Crippen LogP contribution is 2.16. The molecular weight excluding hydrogens is 256 g/mol. The van der Waals surface area contributed by atoms with Gasteiger partial charge in [0.1, 0.15) is 5.75 Å². The van der Waals surface area contributed by atoms with Crippen LogP contribution in [0.5, 0.6) is 5.75 Å². The van der Waals surface area contributed by atoms with E-state index in [2.05, 4.69) is 4.18 Å². The van der Waals surface area contributed by atoms with Crippen LogP contribution in [0.4, 0.5) is 0 Å². The highest BCUT2D eigenvalue weighted by atomic mass is 35.7. The third kappa shape index (κ3) is 4.81. The highest BCUT2D eigenvalue weighted by Gasteiger charge is 2.06. The monoisotopic (exact) mass is 262 g/mol. The molecule has 0 fully saturated rings. The Morgan fingerprint density at radius 2 is 1.88 bits per heavy atom. The summed E-state index contributed by atoms with van der Waals surface area (Å²) in [5.74, 6) is -1.01. The number of benzene rings is 1. The third-order valence-electron chi connectivity index (χ3n) is 1.49. The number of hydrogen-bond donors (Lipinski definition) is 1. The molecule has 1 aromatic rings. The number of carboxylic acid groups (broad SMARTS) is 1. The van der Waals surface area contributed by atoms with E-state index in [1.807, 2.05) is 0 Å². The van der Waals surface area contributed by atoms with Gasteiger partial charge in [-0.2, -0.15) is 8.42 Å². The second-order valence-electron chi connectivity index (χ2n) is 2.72. The molecule has 1 rings (SSSR count). The Bertz CT molecular complexity index is 503. The van der Waals surface area contributed by atoms with Crippen molar-refractivity contribution in [3.8, 4) is 5.75 Å². The first-order chi connectivity index (χ1) is 7.37. The Balaban J connectivity index is 2.79. The Kier molecular flexibility index (Phi) is 3.92. The molecule has 0 spiro atoms. The van der Waals surface area contributed by atoms with Crippen LogP contribution in [0.15, 0.2) is 30.3 Å². The van der Waals surface area contributed by atoms with Crippen molar-refractivity contribution in [3.63, 3.8) is 0 Å². The molecule has 1 aromatic carbocycles. The van der Waals surface area contributed by atoms with Crippen molar-refractivity contribution in [1.82, 2.24) is 0 Å². The average Bonchev–Trinajstić information content (AvgIpc) is 2.14. The summed E-state index contributed by atoms with van der Waals surface area (Å²) in [7, 11) is 0.813. The minimum Gasteiger partial charge on any atom is -0.478 e. The number of hydrogen-bond acceptors (Lipinski definition) is 4. The second kappa shape index (κ2) is 5.00. The molecule has 0 aromatic heterocycles. The van der Waals surface area contributed by atoms with Crippen molar-refractivity contribution < 1.29 is 22.5 Å². The van der Waals surface area contributed by atoms with Gasteiger partial charge in [-0.15, -0.1) is 0 Å². The molecule has 0 unspecified atom stereocenters. The van der Waals surface area contributed by atoms with Crippen molar-refractivity contribution in [2.75, 3.05) is 0 Å². The summed E-state index contributed by atoms with van der Waals surface area (Å²) in [6.45, 7) is 0. The van der Waals surface area contributed by atoms with Crippen LogP contribution >= 0.6 is 10.7 Å². The predicted molar refractivity (Wildman–Crippen MR) is 58.5 cm³/mol. The Morgan fingerprint density at radius 1 is 1.31 bits per heavy atom. The summed E-state index contributed by atoms with van der Waals surface area (Å²) in [6, 6.07) is 5.72. The zero-order chi connectivity index (χ0) is 12.2. The summed E-state index contributed by atoms with van der Waals surface area (Å²) in [4.78, 5) is 10.2. The van der Waals surface area contributed by atoms with E-state index in [-0.39, 0.29) is 5.75 Å². The topological polar surface area (TPSA) is 80.7 Å². The molecule has 0 saturated heterocycles. The Morgan fingerprint density at radius 3 is 2.31 bits per heavy atom. The molecule has 1 N–H and O–H groups in total. The lowest BCUT2D eigenvalue weighted by atomic mass is 10.2. The van der Waals surface area contributed by atoms with Crippen molar-refractivity contribution in [1.29, 1.82) is 0 Å². The summed E-state index contributed by atoms with van der Waals surface area (Å²) < 4.78 is 25.5. The minimum atomic E-state index is -4.06. The zero-order valence-corrected chi connectivity index (χ0v) is 9.40. The average molecular weight is 263 g/mol. The maximum atomic E-state index is 10.6. The Hall–Kier alpha value is -1.53. The van der Waals surface area contributed by atoms with Gasteiger partial charge < -0.3 is 9.29 Å². The number of halogens is 1. The molecule has 86 valence electrons. The fraction of sp³-hybridized carbons (Fsp3) is 0. The van der Waals surface area contributed by atoms with E-state index in [0.717, 1.165) is 6.08 Å². The summed E-state index contributed by atoms with van der Waals surface area (Å²) in [6.07, 6.45) is 2.33. The van der Waals surface area contributed by atoms with Crippen LogP contribution in [0.2, 0.25) is 0 Å². The molecule has 7 heteroatoms. The largest absolute Gasteiger partial charge is 0.478 e. The van der Waals surface area contributed by atoms with Gasteiger partial charge in [0.15, 0.2) is 0 Å². The standard InChI is InChI=1S/C9H7ClO5S/c10-16(13,14)15-8-4-1-7(2-5-8)3-6-9(11)12/h1-6H,(H,11,12)/b6-3+.